The number of thiophene rings is 1. The summed E-state index contributed by atoms with van der Waals surface area (Å²) in [5.74, 6) is 0. The molecule has 8 aromatic rings. The van der Waals surface area contributed by atoms with Crippen LogP contribution in [0, 0.1) is 0 Å². The Morgan fingerprint density at radius 2 is 0.907 bits per heavy atom. The average Bonchev–Trinajstić information content (AvgIpc) is 3.88. The zero-order valence-electron chi connectivity index (χ0n) is 36.1. The maximum absolute atomic E-state index is 8.85. The van der Waals surface area contributed by atoms with Gasteiger partial charge in [-0.1, -0.05) is 167 Å². The van der Waals surface area contributed by atoms with Gasteiger partial charge in [0.05, 0.1) is 0 Å². The number of benzene rings is 7. The van der Waals surface area contributed by atoms with E-state index in [-0.39, 0.29) is 11.0 Å². The standard InChI is InChI=1S/C52H41NS/c1-51(2)44-21-13-11-19-41(44)42-32-31-40(33-46(42)51)53(38-27-23-35(24-28-38)34-15-7-5-8-16-34)39-29-25-37(26-30-39)49-47-43-20-12-14-22-45(43)52(3,4)48(47)50(54-49)36-17-9-6-10-18-36/h5-33H,1-4H3/i1D3,2D3. The normalized spacial score (nSPS) is 16.3. The van der Waals surface area contributed by atoms with Gasteiger partial charge >= 0.3 is 0 Å². The fourth-order valence-corrected chi connectivity index (χ4v) is 10.2. The van der Waals surface area contributed by atoms with Gasteiger partial charge in [-0.3, -0.25) is 0 Å². The Kier molecular flexibility index (Phi) is 6.09. The molecule has 54 heavy (non-hydrogen) atoms. The van der Waals surface area contributed by atoms with Gasteiger partial charge in [0.2, 0.25) is 0 Å². The van der Waals surface area contributed by atoms with Crippen LogP contribution in [0.25, 0.3) is 54.3 Å². The van der Waals surface area contributed by atoms with Crippen LogP contribution in [0.1, 0.15) is 58.0 Å². The first-order chi connectivity index (χ1) is 28.8. The third-order valence-electron chi connectivity index (χ3n) is 11.3. The van der Waals surface area contributed by atoms with Crippen LogP contribution < -0.4 is 4.90 Å². The fourth-order valence-electron chi connectivity index (χ4n) is 8.71. The van der Waals surface area contributed by atoms with Crippen molar-refractivity contribution in [2.45, 2.75) is 38.4 Å². The van der Waals surface area contributed by atoms with E-state index >= 15 is 0 Å². The second-order valence-electron chi connectivity index (χ2n) is 14.9. The van der Waals surface area contributed by atoms with Crippen LogP contribution in [0.3, 0.4) is 0 Å². The minimum Gasteiger partial charge on any atom is -0.310 e. The first kappa shape index (κ1) is 26.7. The molecular formula is C52H41NS. The molecule has 260 valence electrons. The summed E-state index contributed by atoms with van der Waals surface area (Å²) >= 11 is 1.83. The number of hydrogen-bond donors (Lipinski definition) is 0. The Balaban J connectivity index is 1.15. The Morgan fingerprint density at radius 1 is 0.426 bits per heavy atom. The van der Waals surface area contributed by atoms with Crippen LogP contribution in [0.5, 0.6) is 0 Å². The molecular weight excluding hydrogens is 671 g/mol. The average molecular weight is 718 g/mol. The van der Waals surface area contributed by atoms with Gasteiger partial charge in [0.15, 0.2) is 0 Å². The van der Waals surface area contributed by atoms with Crippen molar-refractivity contribution in [2.24, 2.45) is 0 Å². The molecule has 0 saturated carbocycles. The molecule has 2 aliphatic rings. The molecule has 0 bridgehead atoms. The molecule has 0 aliphatic heterocycles. The van der Waals surface area contributed by atoms with E-state index in [1.54, 1.807) is 18.2 Å². The van der Waals surface area contributed by atoms with Crippen molar-refractivity contribution in [3.63, 3.8) is 0 Å². The zero-order valence-corrected chi connectivity index (χ0v) is 30.9. The third-order valence-corrected chi connectivity index (χ3v) is 12.6. The maximum atomic E-state index is 8.85. The Labute approximate surface area is 331 Å². The van der Waals surface area contributed by atoms with Crippen molar-refractivity contribution in [1.29, 1.82) is 0 Å². The van der Waals surface area contributed by atoms with Crippen molar-refractivity contribution in [3.05, 3.63) is 198 Å². The molecule has 1 nitrogen and oxygen atoms in total. The van der Waals surface area contributed by atoms with Crippen molar-refractivity contribution in [3.8, 4) is 54.3 Å². The number of anilines is 3. The molecule has 7 aromatic carbocycles. The molecule has 0 atom stereocenters. The van der Waals surface area contributed by atoms with Gasteiger partial charge in [0.25, 0.3) is 0 Å². The number of hydrogen-bond acceptors (Lipinski definition) is 2. The predicted octanol–water partition coefficient (Wildman–Crippen LogP) is 14.8. The van der Waals surface area contributed by atoms with Crippen LogP contribution in [0.15, 0.2) is 176 Å². The van der Waals surface area contributed by atoms with Crippen LogP contribution in [-0.2, 0) is 10.8 Å². The second-order valence-corrected chi connectivity index (χ2v) is 15.9. The highest BCUT2D eigenvalue weighted by Gasteiger charge is 2.41. The first-order valence-electron chi connectivity index (χ1n) is 21.4. The summed E-state index contributed by atoms with van der Waals surface area (Å²) in [5.41, 5.74) is 11.5. The summed E-state index contributed by atoms with van der Waals surface area (Å²) < 4.78 is 53.1. The lowest BCUT2D eigenvalue weighted by Gasteiger charge is -2.28. The van der Waals surface area contributed by atoms with Crippen molar-refractivity contribution >= 4 is 28.4 Å². The van der Waals surface area contributed by atoms with E-state index < -0.39 is 19.1 Å². The molecule has 0 fully saturated rings. The fraction of sp³-hybridized carbons (Fsp3) is 0.115. The zero-order chi connectivity index (χ0) is 41.6. The molecule has 2 heteroatoms. The summed E-state index contributed by atoms with van der Waals surface area (Å²) in [6.07, 6.45) is 0. The van der Waals surface area contributed by atoms with Crippen molar-refractivity contribution in [2.75, 3.05) is 4.90 Å². The highest BCUT2D eigenvalue weighted by atomic mass is 32.1. The molecule has 0 saturated heterocycles. The number of rotatable bonds is 6. The van der Waals surface area contributed by atoms with Crippen LogP contribution in [0.2, 0.25) is 0 Å². The Morgan fingerprint density at radius 3 is 1.56 bits per heavy atom. The summed E-state index contributed by atoms with van der Waals surface area (Å²) in [4.78, 5) is 4.58. The Hall–Kier alpha value is -5.96. The van der Waals surface area contributed by atoms with E-state index in [2.05, 4.69) is 134 Å². The van der Waals surface area contributed by atoms with Gasteiger partial charge in [-0.15, -0.1) is 11.3 Å². The SMILES string of the molecule is [2H]C([2H])([2H])C1(C([2H])([2H])[2H])c2ccccc2-c2ccc(N(c3ccc(-c4ccccc4)cc3)c3ccc(-c4sc(-c5ccccc5)c5c4-c4ccccc4C5(C)C)cc3)cc21. The van der Waals surface area contributed by atoms with E-state index in [4.69, 9.17) is 8.22 Å². The van der Waals surface area contributed by atoms with E-state index in [1.807, 2.05) is 53.8 Å². The largest absolute Gasteiger partial charge is 0.310 e. The Bertz CT molecular complexity index is 2890. The molecule has 1 aromatic heterocycles. The number of nitrogens with zero attached hydrogens (tertiary/aromatic N) is 1. The minimum absolute atomic E-state index is 0.180. The molecule has 10 rings (SSSR count). The molecule has 0 unspecified atom stereocenters. The molecule has 0 amide bonds. The molecule has 0 spiro atoms. The smallest absolute Gasteiger partial charge is 0.0465 e. The van der Waals surface area contributed by atoms with Gasteiger partial charge in [0, 0.05) is 51.4 Å². The van der Waals surface area contributed by atoms with Gasteiger partial charge < -0.3 is 4.90 Å². The highest BCUT2D eigenvalue weighted by molar-refractivity contribution is 7.19. The van der Waals surface area contributed by atoms with Crippen molar-refractivity contribution < 1.29 is 8.22 Å². The third kappa shape index (κ3) is 4.97. The minimum atomic E-state index is -2.87. The molecule has 0 radical (unpaired) electrons. The van der Waals surface area contributed by atoms with Crippen molar-refractivity contribution in [1.82, 2.24) is 0 Å². The lowest BCUT2D eigenvalue weighted by Crippen LogP contribution is -2.16. The van der Waals surface area contributed by atoms with Gasteiger partial charge in [-0.05, 0) is 97.6 Å². The van der Waals surface area contributed by atoms with E-state index in [0.717, 1.165) is 28.1 Å². The summed E-state index contributed by atoms with van der Waals surface area (Å²) in [6.45, 7) is -1.08. The molecule has 1 heterocycles. The van der Waals surface area contributed by atoms with Crippen LogP contribution >= 0.6 is 11.3 Å². The van der Waals surface area contributed by atoms with E-state index in [9.17, 15) is 0 Å². The van der Waals surface area contributed by atoms with E-state index in [1.165, 1.54) is 37.6 Å². The monoisotopic (exact) mass is 717 g/mol. The predicted molar refractivity (Wildman–Crippen MR) is 230 cm³/mol. The van der Waals surface area contributed by atoms with Crippen LogP contribution in [-0.4, -0.2) is 0 Å². The first-order valence-corrected chi connectivity index (χ1v) is 19.3. The van der Waals surface area contributed by atoms with Gasteiger partial charge in [-0.2, -0.15) is 0 Å². The lowest BCUT2D eigenvalue weighted by atomic mass is 9.81. The van der Waals surface area contributed by atoms with E-state index in [0.29, 0.717) is 22.4 Å². The topological polar surface area (TPSA) is 3.24 Å². The summed E-state index contributed by atoms with van der Waals surface area (Å²) in [7, 11) is 0. The quantitative estimate of drug-likeness (QED) is 0.166. The van der Waals surface area contributed by atoms with Gasteiger partial charge in [-0.25, -0.2) is 0 Å². The second kappa shape index (κ2) is 12.3. The summed E-state index contributed by atoms with van der Waals surface area (Å²) in [5, 5.41) is 0. The van der Waals surface area contributed by atoms with Gasteiger partial charge in [0.1, 0.15) is 0 Å². The molecule has 2 aliphatic carbocycles. The highest BCUT2D eigenvalue weighted by Crippen LogP contribution is 2.59. The lowest BCUT2D eigenvalue weighted by molar-refractivity contribution is 0.660. The molecule has 0 N–H and O–H groups in total. The summed E-state index contributed by atoms with van der Waals surface area (Å²) in [6, 6.07) is 59.2. The maximum Gasteiger partial charge on any atom is 0.0465 e. The number of fused-ring (bicyclic) bond motifs is 6. The van der Waals surface area contributed by atoms with Crippen LogP contribution in [0.4, 0.5) is 17.1 Å².